The molecule has 1 unspecified atom stereocenters. The maximum Gasteiger partial charge on any atom is 0.346 e. The fourth-order valence-electron chi connectivity index (χ4n) is 0.286. The molecule has 0 saturated heterocycles. The van der Waals surface area contributed by atoms with Crippen LogP contribution in [-0.2, 0) is 9.59 Å². The van der Waals surface area contributed by atoms with Crippen LogP contribution in [0.15, 0.2) is 0 Å². The van der Waals surface area contributed by atoms with Crippen molar-refractivity contribution < 1.29 is 24.9 Å². The lowest BCUT2D eigenvalue weighted by molar-refractivity contribution is -0.155. The molecular weight excluding hydrogens is 192 g/mol. The zero-order valence-electron chi connectivity index (χ0n) is 5.31. The van der Waals surface area contributed by atoms with Gasteiger partial charge in [0.15, 0.2) is 0 Å². The topological polar surface area (TPSA) is 94.8 Å². The van der Waals surface area contributed by atoms with Crippen LogP contribution in [-0.4, -0.2) is 32.2 Å². The summed E-state index contributed by atoms with van der Waals surface area (Å²) < 4.78 is 0. The fraction of sp³-hybridized carbons (Fsp3) is 0.500. The first-order chi connectivity index (χ1) is 4.36. The Morgan fingerprint density at radius 1 is 1.36 bits per heavy atom. The van der Waals surface area contributed by atoms with Crippen LogP contribution in [0.4, 0.5) is 0 Å². The van der Waals surface area contributed by atoms with Crippen LogP contribution in [0.1, 0.15) is 6.42 Å². The van der Waals surface area contributed by atoms with Crippen molar-refractivity contribution >= 4 is 38.1 Å². The second-order valence-electron chi connectivity index (χ2n) is 1.69. The molecule has 0 saturated carbocycles. The number of thiol groups is 1. The van der Waals surface area contributed by atoms with Crippen molar-refractivity contribution in [3.05, 3.63) is 0 Å². The lowest BCUT2D eigenvalue weighted by atomic mass is 10.2. The van der Waals surface area contributed by atoms with Gasteiger partial charge in [0.05, 0.1) is 6.42 Å². The highest BCUT2D eigenvalue weighted by molar-refractivity contribution is 7.82. The highest BCUT2D eigenvalue weighted by Gasteiger charge is 2.33. The average molecular weight is 200 g/mol. The molecule has 0 aliphatic heterocycles. The summed E-state index contributed by atoms with van der Waals surface area (Å²) in [5.74, 6) is -3.09. The largest absolute Gasteiger partial charge is 0.481 e. The van der Waals surface area contributed by atoms with Crippen LogP contribution >= 0.6 is 26.1 Å². The van der Waals surface area contributed by atoms with Crippen molar-refractivity contribution in [1.82, 2.24) is 0 Å². The second kappa shape index (κ2) is 4.47. The summed E-state index contributed by atoms with van der Waals surface area (Å²) in [4.78, 5) is 17.3. The molecule has 0 aromatic rings. The third-order valence-electron chi connectivity index (χ3n) is 0.740. The van der Waals surface area contributed by atoms with Gasteiger partial charge in [-0.25, -0.2) is 4.79 Å². The van der Waals surface area contributed by atoms with Crippen molar-refractivity contribution in [1.29, 1.82) is 0 Å². The first-order valence-electron chi connectivity index (χ1n) is 2.26. The minimum absolute atomic E-state index is 0. The van der Waals surface area contributed by atoms with E-state index in [2.05, 4.69) is 12.6 Å². The third-order valence-corrected chi connectivity index (χ3v) is 1.09. The van der Waals surface area contributed by atoms with Crippen LogP contribution in [0.2, 0.25) is 0 Å². The van der Waals surface area contributed by atoms with Gasteiger partial charge in [-0.2, -0.15) is 13.5 Å². The van der Waals surface area contributed by atoms with Gasteiger partial charge < -0.3 is 15.3 Å². The molecule has 0 heterocycles. The zero-order valence-corrected chi connectivity index (χ0v) is 7.21. The smallest absolute Gasteiger partial charge is 0.346 e. The Morgan fingerprint density at radius 2 is 1.73 bits per heavy atom. The van der Waals surface area contributed by atoms with Crippen LogP contribution in [0.25, 0.3) is 0 Å². The van der Waals surface area contributed by atoms with Crippen molar-refractivity contribution in [2.75, 3.05) is 0 Å². The predicted molar refractivity (Wildman–Crippen MR) is 44.2 cm³/mol. The van der Waals surface area contributed by atoms with E-state index in [0.29, 0.717) is 0 Å². The average Bonchev–Trinajstić information content (AvgIpc) is 1.60. The number of carbonyl (C=O) groups is 2. The van der Waals surface area contributed by atoms with E-state index in [1.54, 1.807) is 0 Å². The van der Waals surface area contributed by atoms with Crippen molar-refractivity contribution in [3.63, 3.8) is 0 Å². The Morgan fingerprint density at radius 3 is 1.82 bits per heavy atom. The van der Waals surface area contributed by atoms with E-state index in [1.807, 2.05) is 0 Å². The molecule has 0 aromatic carbocycles. The first-order valence-corrected chi connectivity index (χ1v) is 2.71. The molecule has 11 heavy (non-hydrogen) atoms. The van der Waals surface area contributed by atoms with E-state index in [9.17, 15) is 9.59 Å². The number of rotatable bonds is 3. The summed E-state index contributed by atoms with van der Waals surface area (Å²) in [6, 6.07) is 0. The third kappa shape index (κ3) is 4.93. The summed E-state index contributed by atoms with van der Waals surface area (Å²) in [5, 5.41) is 24.8. The monoisotopic (exact) mass is 200 g/mol. The summed E-state index contributed by atoms with van der Waals surface area (Å²) in [6.07, 6.45) is -0.925. The predicted octanol–water partition coefficient (Wildman–Crippen LogP) is -0.723. The van der Waals surface area contributed by atoms with E-state index < -0.39 is 23.3 Å². The molecule has 7 heteroatoms. The van der Waals surface area contributed by atoms with Gasteiger partial charge in [-0.3, -0.25) is 4.79 Å². The Kier molecular flexibility index (Phi) is 5.37. The van der Waals surface area contributed by atoms with Crippen LogP contribution < -0.4 is 0 Å². The first kappa shape index (κ1) is 13.2. The minimum atomic E-state index is -2.47. The maximum absolute atomic E-state index is 9.97. The van der Waals surface area contributed by atoms with Crippen molar-refractivity contribution in [2.24, 2.45) is 0 Å². The van der Waals surface area contributed by atoms with E-state index in [1.165, 1.54) is 0 Å². The Bertz CT molecular complexity index is 166. The highest BCUT2D eigenvalue weighted by atomic mass is 32.1. The molecular formula is C4H8O5S2. The SMILES string of the molecule is O=C(O)CC(O)(S)C(=O)O.S. The summed E-state index contributed by atoms with van der Waals surface area (Å²) in [5.41, 5.74) is 0. The maximum atomic E-state index is 9.97. The summed E-state index contributed by atoms with van der Waals surface area (Å²) in [6.45, 7) is 0. The summed E-state index contributed by atoms with van der Waals surface area (Å²) in [7, 11) is 0. The number of carboxylic acid groups (broad SMARTS) is 2. The molecule has 66 valence electrons. The lowest BCUT2D eigenvalue weighted by Crippen LogP contribution is -2.34. The molecule has 0 aliphatic rings. The number of hydrogen-bond donors (Lipinski definition) is 4. The van der Waals surface area contributed by atoms with Crippen LogP contribution in [0.3, 0.4) is 0 Å². The fourth-order valence-corrected chi connectivity index (χ4v) is 0.422. The molecule has 0 fully saturated rings. The normalized spacial score (nSPS) is 14.4. The number of hydrogen-bond acceptors (Lipinski definition) is 4. The van der Waals surface area contributed by atoms with Gasteiger partial charge >= 0.3 is 11.9 Å². The molecule has 3 N–H and O–H groups in total. The molecule has 0 rings (SSSR count). The molecule has 0 aromatic heterocycles. The standard InChI is InChI=1S/C4H6O5S.H2S/c5-2(6)1-4(9,10)3(7)8;/h9-10H,1H2,(H,5,6)(H,7,8);1H2. The van der Waals surface area contributed by atoms with Crippen LogP contribution in [0, 0.1) is 0 Å². The number of aliphatic hydroxyl groups is 1. The van der Waals surface area contributed by atoms with Crippen molar-refractivity contribution in [2.45, 2.75) is 11.4 Å². The van der Waals surface area contributed by atoms with Gasteiger partial charge in [-0.15, -0.1) is 12.6 Å². The number of carboxylic acids is 2. The van der Waals surface area contributed by atoms with E-state index in [4.69, 9.17) is 15.3 Å². The Labute approximate surface area is 74.9 Å². The highest BCUT2D eigenvalue weighted by Crippen LogP contribution is 2.14. The quantitative estimate of drug-likeness (QED) is 0.356. The molecule has 1 atom stereocenters. The second-order valence-corrected chi connectivity index (χ2v) is 2.43. The Balaban J connectivity index is 0. The number of aliphatic carboxylic acids is 2. The van der Waals surface area contributed by atoms with E-state index in [-0.39, 0.29) is 13.5 Å². The molecule has 0 bridgehead atoms. The minimum Gasteiger partial charge on any atom is -0.481 e. The van der Waals surface area contributed by atoms with Gasteiger partial charge in [0.2, 0.25) is 4.93 Å². The van der Waals surface area contributed by atoms with Crippen molar-refractivity contribution in [3.8, 4) is 0 Å². The van der Waals surface area contributed by atoms with Gasteiger partial charge in [0, 0.05) is 0 Å². The lowest BCUT2D eigenvalue weighted by Gasteiger charge is -2.12. The molecule has 5 nitrogen and oxygen atoms in total. The van der Waals surface area contributed by atoms with Gasteiger partial charge in [-0.1, -0.05) is 0 Å². The summed E-state index contributed by atoms with van der Waals surface area (Å²) >= 11 is 3.20. The van der Waals surface area contributed by atoms with Gasteiger partial charge in [0.1, 0.15) is 0 Å². The molecule has 0 amide bonds. The van der Waals surface area contributed by atoms with Gasteiger partial charge in [-0.05, 0) is 0 Å². The molecule has 0 radical (unpaired) electrons. The molecule has 0 aliphatic carbocycles. The Hall–Kier alpha value is -0.400. The van der Waals surface area contributed by atoms with E-state index in [0.717, 1.165) is 0 Å². The zero-order chi connectivity index (χ0) is 8.36. The van der Waals surface area contributed by atoms with E-state index >= 15 is 0 Å². The van der Waals surface area contributed by atoms with Gasteiger partial charge in [0.25, 0.3) is 0 Å². The van der Waals surface area contributed by atoms with Crippen LogP contribution in [0.5, 0.6) is 0 Å². The molecule has 0 spiro atoms.